The minimum atomic E-state index is -0.925. The zero-order valence-electron chi connectivity index (χ0n) is 21.8. The average molecular weight is 582 g/mol. The molecule has 196 valence electrons. The van der Waals surface area contributed by atoms with E-state index in [0.29, 0.717) is 17.7 Å². The van der Waals surface area contributed by atoms with Crippen molar-refractivity contribution in [1.29, 1.82) is 0 Å². The van der Waals surface area contributed by atoms with E-state index in [1.165, 1.54) is 0 Å². The molecule has 0 saturated carbocycles. The van der Waals surface area contributed by atoms with Gasteiger partial charge in [0.2, 0.25) is 0 Å². The van der Waals surface area contributed by atoms with Gasteiger partial charge < -0.3 is 15.0 Å². The van der Waals surface area contributed by atoms with Crippen LogP contribution in [0.2, 0.25) is 0 Å². The van der Waals surface area contributed by atoms with Gasteiger partial charge in [0.1, 0.15) is 0 Å². The highest BCUT2D eigenvalue weighted by Crippen LogP contribution is 2.29. The molecule has 5 aromatic rings. The molecule has 0 aliphatic carbocycles. The van der Waals surface area contributed by atoms with Crippen molar-refractivity contribution >= 4 is 38.7 Å². The third-order valence-electron chi connectivity index (χ3n) is 7.07. The van der Waals surface area contributed by atoms with Crippen molar-refractivity contribution in [2.75, 3.05) is 0 Å². The van der Waals surface area contributed by atoms with Crippen LogP contribution in [-0.4, -0.2) is 21.6 Å². The lowest BCUT2D eigenvalue weighted by molar-refractivity contribution is 0.0696. The number of aromatic carboxylic acids is 1. The molecule has 4 aromatic carbocycles. The highest BCUT2D eigenvalue weighted by atomic mass is 79.9. The number of carbonyl (C=O) groups is 2. The molecule has 1 amide bonds. The number of carboxylic acids is 1. The molecule has 0 aliphatic rings. The van der Waals surface area contributed by atoms with Gasteiger partial charge in [0.15, 0.2) is 0 Å². The molecule has 39 heavy (non-hydrogen) atoms. The maximum Gasteiger partial charge on any atom is 0.335 e. The van der Waals surface area contributed by atoms with E-state index < -0.39 is 5.97 Å². The predicted octanol–water partition coefficient (Wildman–Crippen LogP) is 7.87. The van der Waals surface area contributed by atoms with Crippen LogP contribution in [0.5, 0.6) is 0 Å². The van der Waals surface area contributed by atoms with E-state index >= 15 is 0 Å². The molecule has 2 N–H and O–H groups in total. The summed E-state index contributed by atoms with van der Waals surface area (Å²) in [6.45, 7) is 4.62. The van der Waals surface area contributed by atoms with Crippen LogP contribution in [0.3, 0.4) is 0 Å². The van der Waals surface area contributed by atoms with E-state index in [0.717, 1.165) is 49.6 Å². The molecule has 6 heteroatoms. The highest BCUT2D eigenvalue weighted by Gasteiger charge is 2.15. The van der Waals surface area contributed by atoms with Crippen LogP contribution < -0.4 is 5.32 Å². The number of rotatable bonds is 8. The Hall–Kier alpha value is -4.16. The number of aryl methyl sites for hydroxylation is 1. The number of amides is 1. The highest BCUT2D eigenvalue weighted by molar-refractivity contribution is 9.10. The lowest BCUT2D eigenvalue weighted by atomic mass is 9.95. The summed E-state index contributed by atoms with van der Waals surface area (Å²) >= 11 is 3.45. The number of halogens is 1. The molecule has 1 heterocycles. The van der Waals surface area contributed by atoms with Crippen molar-refractivity contribution in [2.24, 2.45) is 0 Å². The molecule has 0 spiro atoms. The third-order valence-corrected chi connectivity index (χ3v) is 7.60. The van der Waals surface area contributed by atoms with Gasteiger partial charge in [-0.3, -0.25) is 4.79 Å². The molecule has 0 unspecified atom stereocenters. The van der Waals surface area contributed by atoms with Gasteiger partial charge >= 0.3 is 5.97 Å². The zero-order valence-corrected chi connectivity index (χ0v) is 23.4. The van der Waals surface area contributed by atoms with Gasteiger partial charge in [-0.05, 0) is 89.7 Å². The van der Waals surface area contributed by atoms with Gasteiger partial charge in [0.05, 0.1) is 11.6 Å². The number of carboxylic acid groups (broad SMARTS) is 1. The fraction of sp³-hybridized carbons (Fsp3) is 0.152. The molecule has 1 atom stereocenters. The monoisotopic (exact) mass is 580 g/mol. The van der Waals surface area contributed by atoms with Gasteiger partial charge in [0.25, 0.3) is 5.91 Å². The SMILES string of the molecule is CCc1cc(C(=O)O)cc(-c2ccccc2Cn2ccc3cc(C(=O)N[C@H](C)c4ccc(Br)cc4)ccc32)c1. The molecule has 0 fully saturated rings. The van der Waals surface area contributed by atoms with Crippen molar-refractivity contribution in [1.82, 2.24) is 9.88 Å². The Bertz CT molecular complexity index is 1670. The van der Waals surface area contributed by atoms with Crippen LogP contribution in [0.15, 0.2) is 102 Å². The first-order valence-corrected chi connectivity index (χ1v) is 13.7. The second-order valence-electron chi connectivity index (χ2n) is 9.70. The van der Waals surface area contributed by atoms with E-state index in [1.807, 2.05) is 86.8 Å². The number of carbonyl (C=O) groups excluding carboxylic acids is 1. The first-order valence-electron chi connectivity index (χ1n) is 12.9. The Labute approximate surface area is 236 Å². The maximum atomic E-state index is 13.0. The average Bonchev–Trinajstić information content (AvgIpc) is 3.35. The van der Waals surface area contributed by atoms with E-state index in [4.69, 9.17) is 0 Å². The third kappa shape index (κ3) is 5.81. The molecular formula is C33H29BrN2O3. The van der Waals surface area contributed by atoms with Gasteiger partial charge in [0, 0.05) is 33.7 Å². The first-order chi connectivity index (χ1) is 18.8. The van der Waals surface area contributed by atoms with Crippen LogP contribution >= 0.6 is 15.9 Å². The largest absolute Gasteiger partial charge is 0.478 e. The van der Waals surface area contributed by atoms with Gasteiger partial charge in [-0.2, -0.15) is 0 Å². The Balaban J connectivity index is 1.40. The lowest BCUT2D eigenvalue weighted by Gasteiger charge is -2.15. The van der Waals surface area contributed by atoms with Crippen molar-refractivity contribution in [3.05, 3.63) is 129 Å². The van der Waals surface area contributed by atoms with Crippen LogP contribution in [0.25, 0.3) is 22.0 Å². The summed E-state index contributed by atoms with van der Waals surface area (Å²) in [7, 11) is 0. The minimum Gasteiger partial charge on any atom is -0.478 e. The molecule has 0 saturated heterocycles. The number of benzene rings is 4. The summed E-state index contributed by atoms with van der Waals surface area (Å²) in [6, 6.07) is 29.2. The van der Waals surface area contributed by atoms with E-state index in [1.54, 1.807) is 12.1 Å². The Morgan fingerprint density at radius 2 is 1.69 bits per heavy atom. The van der Waals surface area contributed by atoms with E-state index in [9.17, 15) is 14.7 Å². The van der Waals surface area contributed by atoms with Gasteiger partial charge in [-0.15, -0.1) is 0 Å². The van der Waals surface area contributed by atoms with Crippen LogP contribution in [0.4, 0.5) is 0 Å². The van der Waals surface area contributed by atoms with Gasteiger partial charge in [-0.1, -0.05) is 65.3 Å². The minimum absolute atomic E-state index is 0.115. The molecule has 1 aromatic heterocycles. The summed E-state index contributed by atoms with van der Waals surface area (Å²) in [5.41, 5.74) is 6.96. The van der Waals surface area contributed by atoms with Crippen LogP contribution in [0, 0.1) is 0 Å². The van der Waals surface area contributed by atoms with E-state index in [-0.39, 0.29) is 11.9 Å². The Morgan fingerprint density at radius 3 is 2.44 bits per heavy atom. The van der Waals surface area contributed by atoms with Crippen molar-refractivity contribution in [3.63, 3.8) is 0 Å². The zero-order chi connectivity index (χ0) is 27.5. The Morgan fingerprint density at radius 1 is 0.923 bits per heavy atom. The number of hydrogen-bond donors (Lipinski definition) is 2. The van der Waals surface area contributed by atoms with E-state index in [2.05, 4.69) is 37.9 Å². The van der Waals surface area contributed by atoms with Crippen molar-refractivity contribution in [2.45, 2.75) is 32.9 Å². The number of aromatic nitrogens is 1. The molecule has 0 bridgehead atoms. The Kier molecular flexibility index (Phi) is 7.66. The number of nitrogens with one attached hydrogen (secondary N) is 1. The lowest BCUT2D eigenvalue weighted by Crippen LogP contribution is -2.26. The number of hydrogen-bond acceptors (Lipinski definition) is 2. The van der Waals surface area contributed by atoms with Crippen LogP contribution in [0.1, 0.15) is 57.3 Å². The summed E-state index contributed by atoms with van der Waals surface area (Å²) in [5.74, 6) is -1.04. The molecule has 0 radical (unpaired) electrons. The van der Waals surface area contributed by atoms with Gasteiger partial charge in [-0.25, -0.2) is 4.79 Å². The summed E-state index contributed by atoms with van der Waals surface area (Å²) < 4.78 is 3.16. The van der Waals surface area contributed by atoms with Crippen LogP contribution in [-0.2, 0) is 13.0 Å². The second kappa shape index (κ2) is 11.3. The van der Waals surface area contributed by atoms with Crippen molar-refractivity contribution in [3.8, 4) is 11.1 Å². The standard InChI is InChI=1S/C33H29BrN2O3/c1-3-22-16-27(19-28(17-22)33(38)39)30-7-5-4-6-26(30)20-36-15-14-24-18-25(10-13-31(24)36)32(37)35-21(2)23-8-11-29(34)12-9-23/h4-19,21H,3,20H2,1-2H3,(H,35,37)(H,38,39)/t21-/m1/s1. The first kappa shape index (κ1) is 26.4. The number of nitrogens with zero attached hydrogens (tertiary/aromatic N) is 1. The topological polar surface area (TPSA) is 71.3 Å². The fourth-order valence-corrected chi connectivity index (χ4v) is 5.16. The molecular weight excluding hydrogens is 552 g/mol. The quantitative estimate of drug-likeness (QED) is 0.196. The summed E-state index contributed by atoms with van der Waals surface area (Å²) in [4.78, 5) is 24.7. The maximum absolute atomic E-state index is 13.0. The fourth-order valence-electron chi connectivity index (χ4n) is 4.89. The number of fused-ring (bicyclic) bond motifs is 1. The second-order valence-corrected chi connectivity index (χ2v) is 10.6. The summed E-state index contributed by atoms with van der Waals surface area (Å²) in [6.07, 6.45) is 2.79. The smallest absolute Gasteiger partial charge is 0.335 e. The summed E-state index contributed by atoms with van der Waals surface area (Å²) in [5, 5.41) is 13.7. The predicted molar refractivity (Wildman–Crippen MR) is 159 cm³/mol. The molecule has 5 nitrogen and oxygen atoms in total. The normalized spacial score (nSPS) is 11.9. The van der Waals surface area contributed by atoms with Crippen molar-refractivity contribution < 1.29 is 14.7 Å². The molecule has 0 aliphatic heterocycles. The molecule has 5 rings (SSSR count).